The van der Waals surface area contributed by atoms with Gasteiger partial charge in [-0.3, -0.25) is 0 Å². The van der Waals surface area contributed by atoms with Gasteiger partial charge in [0.15, 0.2) is 11.5 Å². The number of esters is 1. The van der Waals surface area contributed by atoms with Crippen LogP contribution in [0.3, 0.4) is 0 Å². The molecule has 80 valence electrons. The fraction of sp³-hybridized carbons (Fsp3) is 0.100. The molecule has 0 atom stereocenters. The van der Waals surface area contributed by atoms with Gasteiger partial charge in [-0.2, -0.15) is 0 Å². The number of aromatic hydroxyl groups is 3. The molecule has 0 fully saturated rings. The van der Waals surface area contributed by atoms with Crippen LogP contribution in [0.5, 0.6) is 23.0 Å². The zero-order valence-electron chi connectivity index (χ0n) is 8.02. The summed E-state index contributed by atoms with van der Waals surface area (Å²) < 4.78 is 4.64. The van der Waals surface area contributed by atoms with E-state index < -0.39 is 23.2 Å². The van der Waals surface area contributed by atoms with Crippen LogP contribution in [0.4, 0.5) is 0 Å². The average Bonchev–Trinajstić information content (AvgIpc) is 2.10. The van der Waals surface area contributed by atoms with E-state index in [0.29, 0.717) is 0 Å². The van der Waals surface area contributed by atoms with Gasteiger partial charge in [0.05, 0.1) is 0 Å². The van der Waals surface area contributed by atoms with E-state index in [-0.39, 0.29) is 11.3 Å². The molecule has 3 N–H and O–H groups in total. The molecule has 0 aliphatic heterocycles. The zero-order chi connectivity index (χ0) is 11.6. The highest BCUT2D eigenvalue weighted by atomic mass is 16.5. The molecule has 0 unspecified atom stereocenters. The normalized spacial score (nSPS) is 9.67. The highest BCUT2D eigenvalue weighted by Crippen LogP contribution is 2.39. The minimum absolute atomic E-state index is 0.127. The van der Waals surface area contributed by atoms with E-state index in [1.54, 1.807) is 0 Å². The van der Waals surface area contributed by atoms with Crippen LogP contribution in [-0.4, -0.2) is 21.3 Å². The van der Waals surface area contributed by atoms with Crippen molar-refractivity contribution in [1.29, 1.82) is 0 Å². The summed E-state index contributed by atoms with van der Waals surface area (Å²) in [6.07, 6.45) is 0. The van der Waals surface area contributed by atoms with E-state index in [4.69, 9.17) is 5.11 Å². The van der Waals surface area contributed by atoms with E-state index >= 15 is 0 Å². The van der Waals surface area contributed by atoms with Crippen molar-refractivity contribution < 1.29 is 24.9 Å². The third kappa shape index (κ3) is 2.40. The Bertz CT molecular complexity index is 399. The number of hydrogen-bond donors (Lipinski definition) is 3. The fourth-order valence-corrected chi connectivity index (χ4v) is 0.869. The Morgan fingerprint density at radius 1 is 1.27 bits per heavy atom. The second kappa shape index (κ2) is 3.91. The largest absolute Gasteiger partial charge is 0.508 e. The summed E-state index contributed by atoms with van der Waals surface area (Å²) in [6, 6.07) is 1.89. The first-order valence-corrected chi connectivity index (χ1v) is 4.04. The third-order valence-corrected chi connectivity index (χ3v) is 1.58. The van der Waals surface area contributed by atoms with Crippen LogP contribution in [0.1, 0.15) is 6.92 Å². The molecule has 0 spiro atoms. The molecule has 0 heterocycles. The van der Waals surface area contributed by atoms with Gasteiger partial charge in [0.25, 0.3) is 0 Å². The molecule has 1 aromatic rings. The Hall–Kier alpha value is -2.17. The summed E-state index contributed by atoms with van der Waals surface area (Å²) in [7, 11) is 0. The quantitative estimate of drug-likeness (QED) is 0.389. The minimum Gasteiger partial charge on any atom is -0.508 e. The van der Waals surface area contributed by atoms with Crippen molar-refractivity contribution in [2.45, 2.75) is 6.92 Å². The van der Waals surface area contributed by atoms with E-state index in [1.165, 1.54) is 6.92 Å². The summed E-state index contributed by atoms with van der Waals surface area (Å²) >= 11 is 0. The van der Waals surface area contributed by atoms with Crippen molar-refractivity contribution in [3.05, 3.63) is 24.3 Å². The number of phenols is 3. The number of rotatable bonds is 2. The standard InChI is InChI=1S/C10H10O5/c1-5(2)10(14)15-9-7(12)3-6(11)4-8(9)13/h3-4,11-13H,1H2,2H3. The second-order valence-corrected chi connectivity index (χ2v) is 2.98. The van der Waals surface area contributed by atoms with E-state index in [0.717, 1.165) is 12.1 Å². The Morgan fingerprint density at radius 3 is 2.13 bits per heavy atom. The first-order valence-electron chi connectivity index (χ1n) is 4.04. The van der Waals surface area contributed by atoms with Crippen molar-refractivity contribution in [2.75, 3.05) is 0 Å². The number of carbonyl (C=O) groups excluding carboxylic acids is 1. The minimum atomic E-state index is -0.772. The van der Waals surface area contributed by atoms with Crippen LogP contribution in [0, 0.1) is 0 Å². The number of hydrogen-bond acceptors (Lipinski definition) is 5. The molecule has 0 saturated carbocycles. The molecular weight excluding hydrogens is 200 g/mol. The lowest BCUT2D eigenvalue weighted by Gasteiger charge is -2.08. The van der Waals surface area contributed by atoms with E-state index in [9.17, 15) is 15.0 Å². The van der Waals surface area contributed by atoms with Crippen LogP contribution >= 0.6 is 0 Å². The van der Waals surface area contributed by atoms with Gasteiger partial charge in [0.1, 0.15) is 5.75 Å². The highest BCUT2D eigenvalue weighted by molar-refractivity contribution is 5.89. The van der Waals surface area contributed by atoms with Gasteiger partial charge >= 0.3 is 5.97 Å². The fourth-order valence-electron chi connectivity index (χ4n) is 0.869. The number of ether oxygens (including phenoxy) is 1. The maximum absolute atomic E-state index is 11.1. The van der Waals surface area contributed by atoms with Crippen molar-refractivity contribution in [3.63, 3.8) is 0 Å². The lowest BCUT2D eigenvalue weighted by Crippen LogP contribution is -2.08. The topological polar surface area (TPSA) is 87.0 Å². The second-order valence-electron chi connectivity index (χ2n) is 2.98. The molecule has 5 heteroatoms. The van der Waals surface area contributed by atoms with Crippen LogP contribution < -0.4 is 4.74 Å². The van der Waals surface area contributed by atoms with Gasteiger partial charge in [0, 0.05) is 17.7 Å². The Labute approximate surface area is 85.9 Å². The summed E-state index contributed by atoms with van der Waals surface area (Å²) in [6.45, 7) is 4.77. The predicted octanol–water partition coefficient (Wildman–Crippen LogP) is 1.28. The van der Waals surface area contributed by atoms with E-state index in [2.05, 4.69) is 11.3 Å². The number of carbonyl (C=O) groups is 1. The monoisotopic (exact) mass is 210 g/mol. The number of benzene rings is 1. The highest BCUT2D eigenvalue weighted by Gasteiger charge is 2.15. The van der Waals surface area contributed by atoms with Crippen molar-refractivity contribution >= 4 is 5.97 Å². The van der Waals surface area contributed by atoms with Crippen LogP contribution in [0.25, 0.3) is 0 Å². The van der Waals surface area contributed by atoms with Gasteiger partial charge in [-0.25, -0.2) is 4.79 Å². The smallest absolute Gasteiger partial charge is 0.338 e. The maximum atomic E-state index is 11.1. The van der Waals surface area contributed by atoms with Gasteiger partial charge in [0.2, 0.25) is 5.75 Å². The van der Waals surface area contributed by atoms with Gasteiger partial charge < -0.3 is 20.1 Å². The molecular formula is C10H10O5. The Kier molecular flexibility index (Phi) is 2.85. The van der Waals surface area contributed by atoms with Crippen molar-refractivity contribution in [2.24, 2.45) is 0 Å². The Balaban J connectivity index is 3.05. The van der Waals surface area contributed by atoms with Crippen molar-refractivity contribution in [1.82, 2.24) is 0 Å². The lowest BCUT2D eigenvalue weighted by molar-refractivity contribution is -0.130. The van der Waals surface area contributed by atoms with Crippen LogP contribution in [0.15, 0.2) is 24.3 Å². The third-order valence-electron chi connectivity index (χ3n) is 1.58. The molecule has 0 radical (unpaired) electrons. The molecule has 0 bridgehead atoms. The van der Waals surface area contributed by atoms with E-state index in [1.807, 2.05) is 0 Å². The lowest BCUT2D eigenvalue weighted by atomic mass is 10.2. The molecule has 5 nitrogen and oxygen atoms in total. The van der Waals surface area contributed by atoms with Crippen molar-refractivity contribution in [3.8, 4) is 23.0 Å². The molecule has 0 amide bonds. The van der Waals surface area contributed by atoms with Gasteiger partial charge in [-0.1, -0.05) is 6.58 Å². The van der Waals surface area contributed by atoms with Gasteiger partial charge in [-0.15, -0.1) is 0 Å². The molecule has 1 rings (SSSR count). The average molecular weight is 210 g/mol. The summed E-state index contributed by atoms with van der Waals surface area (Å²) in [4.78, 5) is 11.1. The Morgan fingerprint density at radius 2 is 1.73 bits per heavy atom. The molecule has 1 aromatic carbocycles. The molecule has 0 aromatic heterocycles. The predicted molar refractivity (Wildman–Crippen MR) is 51.9 cm³/mol. The molecule has 0 saturated heterocycles. The first kappa shape index (κ1) is 10.9. The SMILES string of the molecule is C=C(C)C(=O)Oc1c(O)cc(O)cc1O. The summed E-state index contributed by atoms with van der Waals surface area (Å²) in [5, 5.41) is 27.5. The molecule has 15 heavy (non-hydrogen) atoms. The maximum Gasteiger partial charge on any atom is 0.338 e. The zero-order valence-corrected chi connectivity index (χ0v) is 8.02. The summed E-state index contributed by atoms with van der Waals surface area (Å²) in [5.74, 6) is -2.56. The van der Waals surface area contributed by atoms with Gasteiger partial charge in [-0.05, 0) is 6.92 Å². The molecule has 0 aliphatic carbocycles. The number of phenolic OH excluding ortho intramolecular Hbond substituents is 3. The van der Waals surface area contributed by atoms with Crippen LogP contribution in [-0.2, 0) is 4.79 Å². The first-order chi connectivity index (χ1) is 6.91. The molecule has 0 aliphatic rings. The van der Waals surface area contributed by atoms with Crippen LogP contribution in [0.2, 0.25) is 0 Å². The summed E-state index contributed by atoms with van der Waals surface area (Å²) in [5.41, 5.74) is 0.127.